The highest BCUT2D eigenvalue weighted by Gasteiger charge is 2.34. The van der Waals surface area contributed by atoms with Gasteiger partial charge in [0.05, 0.1) is 12.6 Å². The van der Waals surface area contributed by atoms with Crippen LogP contribution in [0, 0.1) is 6.92 Å². The van der Waals surface area contributed by atoms with Crippen molar-refractivity contribution in [1.29, 1.82) is 0 Å². The van der Waals surface area contributed by atoms with Crippen molar-refractivity contribution in [1.82, 2.24) is 9.80 Å². The van der Waals surface area contributed by atoms with Crippen LogP contribution in [0.2, 0.25) is 0 Å². The van der Waals surface area contributed by atoms with Crippen LogP contribution in [0.4, 0.5) is 0 Å². The molecule has 1 aliphatic heterocycles. The van der Waals surface area contributed by atoms with Gasteiger partial charge in [0.25, 0.3) is 0 Å². The summed E-state index contributed by atoms with van der Waals surface area (Å²) in [5.74, 6) is -0.264. The maximum atomic E-state index is 13.5. The van der Waals surface area contributed by atoms with E-state index in [0.717, 1.165) is 17.5 Å². The number of alkyl halides is 1. The first-order valence-corrected chi connectivity index (χ1v) is 12.2. The number of hydrogen-bond acceptors (Lipinski definition) is 4. The summed E-state index contributed by atoms with van der Waals surface area (Å²) in [4.78, 5) is 31.0. The van der Waals surface area contributed by atoms with E-state index in [1.54, 1.807) is 23.2 Å². The summed E-state index contributed by atoms with van der Waals surface area (Å²) >= 11 is 7.83. The van der Waals surface area contributed by atoms with E-state index in [9.17, 15) is 9.59 Å². The molecule has 2 atom stereocenters. The highest BCUT2D eigenvalue weighted by molar-refractivity contribution is 7.10. The minimum Gasteiger partial charge on any atom is -0.382 e. The number of hydrogen-bond donors (Lipinski definition) is 0. The van der Waals surface area contributed by atoms with Crippen molar-refractivity contribution in [3.05, 3.63) is 57.3 Å². The molecule has 5 nitrogen and oxygen atoms in total. The largest absolute Gasteiger partial charge is 0.382 e. The Labute approximate surface area is 193 Å². The number of ether oxygens (including phenoxy) is 1. The third-order valence-corrected chi connectivity index (χ3v) is 6.85. The van der Waals surface area contributed by atoms with Gasteiger partial charge in [-0.2, -0.15) is 0 Å². The Morgan fingerprint density at radius 3 is 2.77 bits per heavy atom. The zero-order valence-corrected chi connectivity index (χ0v) is 20.0. The lowest BCUT2D eigenvalue weighted by molar-refractivity contribution is -0.141. The van der Waals surface area contributed by atoms with Gasteiger partial charge in [0.15, 0.2) is 0 Å². The number of halogens is 1. The number of carbonyl (C=O) groups is 2. The van der Waals surface area contributed by atoms with Gasteiger partial charge < -0.3 is 14.5 Å². The highest BCUT2D eigenvalue weighted by Crippen LogP contribution is 2.39. The molecule has 0 aliphatic carbocycles. The predicted molar refractivity (Wildman–Crippen MR) is 126 cm³/mol. The van der Waals surface area contributed by atoms with Crippen LogP contribution in [0.3, 0.4) is 0 Å². The van der Waals surface area contributed by atoms with Crippen LogP contribution in [-0.4, -0.2) is 59.8 Å². The zero-order chi connectivity index (χ0) is 22.4. The number of aryl methyl sites for hydroxylation is 1. The minimum atomic E-state index is -0.670. The van der Waals surface area contributed by atoms with Gasteiger partial charge in [-0.1, -0.05) is 24.3 Å². The van der Waals surface area contributed by atoms with Crippen LogP contribution in [0.1, 0.15) is 47.9 Å². The van der Waals surface area contributed by atoms with Crippen molar-refractivity contribution in [2.45, 2.75) is 45.0 Å². The van der Waals surface area contributed by atoms with Crippen LogP contribution in [0.5, 0.6) is 0 Å². The maximum Gasteiger partial charge on any atom is 0.242 e. The van der Waals surface area contributed by atoms with E-state index in [4.69, 9.17) is 16.3 Å². The summed E-state index contributed by atoms with van der Waals surface area (Å²) in [5, 5.41) is 1.43. The Morgan fingerprint density at radius 2 is 2.06 bits per heavy atom. The van der Waals surface area contributed by atoms with Gasteiger partial charge in [-0.3, -0.25) is 9.59 Å². The monoisotopic (exact) mass is 462 g/mol. The second kappa shape index (κ2) is 11.1. The molecule has 7 heteroatoms. The summed E-state index contributed by atoms with van der Waals surface area (Å²) in [6.07, 6.45) is 1.51. The van der Waals surface area contributed by atoms with Crippen molar-refractivity contribution < 1.29 is 14.3 Å². The summed E-state index contributed by atoms with van der Waals surface area (Å²) in [7, 11) is 0. The molecule has 0 spiro atoms. The van der Waals surface area contributed by atoms with Gasteiger partial charge in [-0.15, -0.1) is 22.9 Å². The second-order valence-corrected chi connectivity index (χ2v) is 9.48. The Balaban J connectivity index is 1.83. The number of rotatable bonds is 9. The highest BCUT2D eigenvalue weighted by atomic mass is 35.5. The summed E-state index contributed by atoms with van der Waals surface area (Å²) in [6.45, 7) is 7.98. The van der Waals surface area contributed by atoms with E-state index in [-0.39, 0.29) is 24.4 Å². The molecule has 2 aromatic rings. The fraction of sp³-hybridized carbons (Fsp3) is 0.500. The molecule has 2 heterocycles. The lowest BCUT2D eigenvalue weighted by atomic mass is 9.90. The first kappa shape index (κ1) is 23.8. The fourth-order valence-corrected chi connectivity index (χ4v) is 5.13. The minimum absolute atomic E-state index is 0.0316. The lowest BCUT2D eigenvalue weighted by Gasteiger charge is -2.38. The van der Waals surface area contributed by atoms with Crippen molar-refractivity contribution >= 4 is 34.8 Å². The number of fused-ring (bicyclic) bond motifs is 1. The first-order valence-electron chi connectivity index (χ1n) is 10.9. The third-order valence-electron chi connectivity index (χ3n) is 5.67. The van der Waals surface area contributed by atoms with Gasteiger partial charge in [-0.25, -0.2) is 0 Å². The van der Waals surface area contributed by atoms with Crippen LogP contribution in [0.15, 0.2) is 35.7 Å². The molecular weight excluding hydrogens is 432 g/mol. The van der Waals surface area contributed by atoms with E-state index < -0.39 is 5.38 Å². The first-order chi connectivity index (χ1) is 14.9. The number of benzene rings is 1. The van der Waals surface area contributed by atoms with Gasteiger partial charge in [-0.05, 0) is 61.7 Å². The molecule has 0 bridgehead atoms. The normalized spacial score (nSPS) is 16.6. The molecule has 3 rings (SSSR count). The summed E-state index contributed by atoms with van der Waals surface area (Å²) < 4.78 is 5.40. The SMILES string of the molecule is CCOCCCN(CC(=O)N1CCc2sccc2C1c1ccccc1C)C(=O)C(C)Cl. The fourth-order valence-electron chi connectivity index (χ4n) is 4.09. The summed E-state index contributed by atoms with van der Waals surface area (Å²) in [5.41, 5.74) is 3.48. The Bertz CT molecular complexity index is 898. The molecular formula is C24H31ClN2O3S. The number of thiophene rings is 1. The Morgan fingerprint density at radius 1 is 1.29 bits per heavy atom. The molecule has 1 aliphatic rings. The van der Waals surface area contributed by atoms with Crippen LogP contribution >= 0.6 is 22.9 Å². The van der Waals surface area contributed by atoms with Crippen molar-refractivity contribution in [3.63, 3.8) is 0 Å². The molecule has 31 heavy (non-hydrogen) atoms. The molecule has 1 aromatic carbocycles. The molecule has 1 aromatic heterocycles. The van der Waals surface area contributed by atoms with Gasteiger partial charge in [0.1, 0.15) is 5.38 Å². The molecule has 0 radical (unpaired) electrons. The van der Waals surface area contributed by atoms with E-state index in [0.29, 0.717) is 32.7 Å². The third kappa shape index (κ3) is 5.68. The average Bonchev–Trinajstić information content (AvgIpc) is 3.24. The molecule has 0 saturated carbocycles. The van der Waals surface area contributed by atoms with E-state index in [2.05, 4.69) is 30.5 Å². The van der Waals surface area contributed by atoms with Gasteiger partial charge >= 0.3 is 0 Å². The number of carbonyl (C=O) groups excluding carboxylic acids is 2. The van der Waals surface area contributed by atoms with Crippen LogP contribution < -0.4 is 0 Å². The quantitative estimate of drug-likeness (QED) is 0.409. The average molecular weight is 463 g/mol. The molecule has 2 amide bonds. The molecule has 168 valence electrons. The Hall–Kier alpha value is -1.89. The summed E-state index contributed by atoms with van der Waals surface area (Å²) in [6, 6.07) is 10.2. The van der Waals surface area contributed by atoms with E-state index in [1.165, 1.54) is 10.4 Å². The van der Waals surface area contributed by atoms with Crippen LogP contribution in [-0.2, 0) is 20.7 Å². The van der Waals surface area contributed by atoms with Crippen molar-refractivity contribution in [2.24, 2.45) is 0 Å². The lowest BCUT2D eigenvalue weighted by Crippen LogP contribution is -2.48. The maximum absolute atomic E-state index is 13.5. The zero-order valence-electron chi connectivity index (χ0n) is 18.5. The molecule has 2 unspecified atom stereocenters. The van der Waals surface area contributed by atoms with Crippen molar-refractivity contribution in [2.75, 3.05) is 32.8 Å². The van der Waals surface area contributed by atoms with E-state index >= 15 is 0 Å². The standard InChI is InChI=1S/C24H31ClN2O3S/c1-4-30-14-7-12-26(24(29)18(3)25)16-22(28)27-13-10-21-20(11-15-31-21)23(27)19-9-6-5-8-17(19)2/h5-6,8-9,11,15,18,23H,4,7,10,12-14,16H2,1-3H3. The van der Waals surface area contributed by atoms with Gasteiger partial charge in [0, 0.05) is 31.2 Å². The van der Waals surface area contributed by atoms with Crippen LogP contribution in [0.25, 0.3) is 0 Å². The second-order valence-electron chi connectivity index (χ2n) is 7.82. The molecule has 0 saturated heterocycles. The number of nitrogens with zero attached hydrogens (tertiary/aromatic N) is 2. The number of amides is 2. The van der Waals surface area contributed by atoms with E-state index in [1.807, 2.05) is 24.0 Å². The molecule has 0 fully saturated rings. The predicted octanol–water partition coefficient (Wildman–Crippen LogP) is 4.41. The topological polar surface area (TPSA) is 49.9 Å². The smallest absolute Gasteiger partial charge is 0.242 e. The Kier molecular flexibility index (Phi) is 8.52. The van der Waals surface area contributed by atoms with Gasteiger partial charge in [0.2, 0.25) is 11.8 Å². The molecule has 0 N–H and O–H groups in total. The van der Waals surface area contributed by atoms with Crippen molar-refractivity contribution in [3.8, 4) is 0 Å².